The molecule has 0 unspecified atom stereocenters. The Morgan fingerprint density at radius 2 is 2.11 bits per heavy atom. The lowest BCUT2D eigenvalue weighted by atomic mass is 10.1. The third-order valence-electron chi connectivity index (χ3n) is 2.54. The van der Waals surface area contributed by atoms with E-state index in [2.05, 4.69) is 15.5 Å². The lowest BCUT2D eigenvalue weighted by molar-refractivity contribution is -0.115. The van der Waals surface area contributed by atoms with Gasteiger partial charge in [0, 0.05) is 5.69 Å². The molecule has 0 bridgehead atoms. The Morgan fingerprint density at radius 1 is 1.33 bits per heavy atom. The van der Waals surface area contributed by atoms with Crippen LogP contribution in [-0.4, -0.2) is 16.0 Å². The van der Waals surface area contributed by atoms with Gasteiger partial charge >= 0.3 is 0 Å². The quantitative estimate of drug-likeness (QED) is 0.899. The van der Waals surface area contributed by atoms with Gasteiger partial charge in [0.05, 0.1) is 0 Å². The first-order chi connectivity index (χ1) is 8.54. The Labute approximate surface area is 105 Å². The van der Waals surface area contributed by atoms with Gasteiger partial charge in [0.1, 0.15) is 6.42 Å². The number of carbonyl (C=O) groups excluding carboxylic acids is 1. The van der Waals surface area contributed by atoms with Crippen molar-refractivity contribution in [2.75, 3.05) is 5.32 Å². The minimum Gasteiger partial charge on any atom is -0.339 e. The second kappa shape index (κ2) is 5.00. The number of amides is 1. The fourth-order valence-corrected chi connectivity index (χ4v) is 1.70. The molecule has 2 rings (SSSR count). The summed E-state index contributed by atoms with van der Waals surface area (Å²) in [6, 6.07) is 5.87. The summed E-state index contributed by atoms with van der Waals surface area (Å²) in [5, 5.41) is 6.47. The van der Waals surface area contributed by atoms with Crippen LogP contribution in [-0.2, 0) is 11.2 Å². The number of anilines is 1. The molecule has 0 atom stereocenters. The standard InChI is InChI=1S/C13H15N3O2/c1-8-4-5-11(9(2)6-8)15-12(17)7-13-14-10(3)16-18-13/h4-6H,7H2,1-3H3,(H,15,17). The predicted molar refractivity (Wildman–Crippen MR) is 67.3 cm³/mol. The highest BCUT2D eigenvalue weighted by Gasteiger charge is 2.10. The summed E-state index contributed by atoms with van der Waals surface area (Å²) < 4.78 is 4.90. The molecule has 1 aromatic carbocycles. The number of hydrogen-bond acceptors (Lipinski definition) is 4. The first kappa shape index (κ1) is 12.3. The zero-order chi connectivity index (χ0) is 13.1. The van der Waals surface area contributed by atoms with Crippen molar-refractivity contribution < 1.29 is 9.32 Å². The molecule has 5 nitrogen and oxygen atoms in total. The van der Waals surface area contributed by atoms with E-state index in [1.54, 1.807) is 6.92 Å². The van der Waals surface area contributed by atoms with Gasteiger partial charge in [-0.05, 0) is 32.4 Å². The fourth-order valence-electron chi connectivity index (χ4n) is 1.70. The molecule has 1 heterocycles. The van der Waals surface area contributed by atoms with E-state index < -0.39 is 0 Å². The Balaban J connectivity index is 2.03. The predicted octanol–water partition coefficient (Wildman–Crippen LogP) is 2.18. The van der Waals surface area contributed by atoms with Crippen LogP contribution < -0.4 is 5.32 Å². The van der Waals surface area contributed by atoms with Crippen molar-refractivity contribution in [3.8, 4) is 0 Å². The molecular weight excluding hydrogens is 230 g/mol. The van der Waals surface area contributed by atoms with E-state index in [1.165, 1.54) is 0 Å². The molecule has 0 aliphatic carbocycles. The molecule has 0 aliphatic rings. The average molecular weight is 245 g/mol. The van der Waals surface area contributed by atoms with Gasteiger partial charge in [0.2, 0.25) is 11.8 Å². The van der Waals surface area contributed by atoms with E-state index in [0.29, 0.717) is 11.7 Å². The van der Waals surface area contributed by atoms with E-state index >= 15 is 0 Å². The summed E-state index contributed by atoms with van der Waals surface area (Å²) in [6.45, 7) is 5.69. The highest BCUT2D eigenvalue weighted by molar-refractivity contribution is 5.92. The van der Waals surface area contributed by atoms with Crippen LogP contribution in [0.5, 0.6) is 0 Å². The zero-order valence-electron chi connectivity index (χ0n) is 10.7. The zero-order valence-corrected chi connectivity index (χ0v) is 10.7. The highest BCUT2D eigenvalue weighted by Crippen LogP contribution is 2.16. The number of nitrogens with zero attached hydrogens (tertiary/aromatic N) is 2. The van der Waals surface area contributed by atoms with Crippen molar-refractivity contribution in [3.05, 3.63) is 41.0 Å². The van der Waals surface area contributed by atoms with E-state index in [-0.39, 0.29) is 12.3 Å². The topological polar surface area (TPSA) is 68.0 Å². The number of rotatable bonds is 3. The summed E-state index contributed by atoms with van der Waals surface area (Å²) >= 11 is 0. The minimum absolute atomic E-state index is 0.0914. The fraction of sp³-hybridized carbons (Fsp3) is 0.308. The molecule has 1 N–H and O–H groups in total. The molecule has 0 radical (unpaired) electrons. The van der Waals surface area contributed by atoms with Crippen LogP contribution in [0.3, 0.4) is 0 Å². The summed E-state index contributed by atoms with van der Waals surface area (Å²) in [6.07, 6.45) is 0.0914. The van der Waals surface area contributed by atoms with Crippen molar-refractivity contribution in [1.29, 1.82) is 0 Å². The SMILES string of the molecule is Cc1ccc(NC(=O)Cc2nc(C)no2)c(C)c1. The molecule has 5 heteroatoms. The molecule has 0 fully saturated rings. The van der Waals surface area contributed by atoms with Gasteiger partial charge in [0.15, 0.2) is 5.82 Å². The van der Waals surface area contributed by atoms with E-state index in [4.69, 9.17) is 4.52 Å². The summed E-state index contributed by atoms with van der Waals surface area (Å²) in [4.78, 5) is 15.8. The Kier molecular flexibility index (Phi) is 3.41. The smallest absolute Gasteiger partial charge is 0.236 e. The number of aryl methyl sites for hydroxylation is 3. The summed E-state index contributed by atoms with van der Waals surface area (Å²) in [5.74, 6) is 0.699. The van der Waals surface area contributed by atoms with Crippen molar-refractivity contribution in [2.24, 2.45) is 0 Å². The Morgan fingerprint density at radius 3 is 2.72 bits per heavy atom. The molecule has 0 saturated heterocycles. The molecule has 18 heavy (non-hydrogen) atoms. The average Bonchev–Trinajstić information content (AvgIpc) is 2.68. The van der Waals surface area contributed by atoms with Crippen LogP contribution >= 0.6 is 0 Å². The van der Waals surface area contributed by atoms with Crippen LogP contribution in [0, 0.1) is 20.8 Å². The normalized spacial score (nSPS) is 10.4. The number of aromatic nitrogens is 2. The first-order valence-electron chi connectivity index (χ1n) is 5.71. The Hall–Kier alpha value is -2.17. The highest BCUT2D eigenvalue weighted by atomic mass is 16.5. The van der Waals surface area contributed by atoms with Crippen LogP contribution in [0.4, 0.5) is 5.69 Å². The minimum atomic E-state index is -0.161. The third kappa shape index (κ3) is 2.94. The van der Waals surface area contributed by atoms with Gasteiger partial charge in [-0.2, -0.15) is 4.98 Å². The van der Waals surface area contributed by atoms with Crippen molar-refractivity contribution in [3.63, 3.8) is 0 Å². The van der Waals surface area contributed by atoms with Crippen LogP contribution in [0.2, 0.25) is 0 Å². The number of benzene rings is 1. The lowest BCUT2D eigenvalue weighted by Crippen LogP contribution is -2.15. The van der Waals surface area contributed by atoms with Crippen molar-refractivity contribution >= 4 is 11.6 Å². The Bertz CT molecular complexity index is 575. The first-order valence-corrected chi connectivity index (χ1v) is 5.71. The maximum atomic E-state index is 11.8. The van der Waals surface area contributed by atoms with E-state index in [1.807, 2.05) is 32.0 Å². The van der Waals surface area contributed by atoms with Crippen LogP contribution in [0.15, 0.2) is 22.7 Å². The number of nitrogens with one attached hydrogen (secondary N) is 1. The van der Waals surface area contributed by atoms with Gasteiger partial charge in [-0.1, -0.05) is 22.9 Å². The summed E-state index contributed by atoms with van der Waals surface area (Å²) in [5.41, 5.74) is 3.00. The van der Waals surface area contributed by atoms with E-state index in [9.17, 15) is 4.79 Å². The van der Waals surface area contributed by atoms with Gasteiger partial charge < -0.3 is 9.84 Å². The van der Waals surface area contributed by atoms with Gasteiger partial charge in [-0.15, -0.1) is 0 Å². The van der Waals surface area contributed by atoms with Crippen molar-refractivity contribution in [1.82, 2.24) is 10.1 Å². The molecule has 0 spiro atoms. The summed E-state index contributed by atoms with van der Waals surface area (Å²) in [7, 11) is 0. The molecular formula is C13H15N3O2. The van der Waals surface area contributed by atoms with Gasteiger partial charge in [-0.3, -0.25) is 4.79 Å². The monoisotopic (exact) mass is 245 g/mol. The number of hydrogen-bond donors (Lipinski definition) is 1. The maximum Gasteiger partial charge on any atom is 0.236 e. The molecule has 1 aromatic heterocycles. The van der Waals surface area contributed by atoms with Gasteiger partial charge in [0.25, 0.3) is 0 Å². The van der Waals surface area contributed by atoms with E-state index in [0.717, 1.165) is 16.8 Å². The molecule has 2 aromatic rings. The largest absolute Gasteiger partial charge is 0.339 e. The van der Waals surface area contributed by atoms with Crippen molar-refractivity contribution in [2.45, 2.75) is 27.2 Å². The second-order valence-corrected chi connectivity index (χ2v) is 4.28. The third-order valence-corrected chi connectivity index (χ3v) is 2.54. The van der Waals surface area contributed by atoms with Crippen LogP contribution in [0.25, 0.3) is 0 Å². The van der Waals surface area contributed by atoms with Crippen LogP contribution in [0.1, 0.15) is 22.8 Å². The lowest BCUT2D eigenvalue weighted by Gasteiger charge is -2.07. The molecule has 94 valence electrons. The molecule has 0 saturated carbocycles. The molecule has 0 aliphatic heterocycles. The maximum absolute atomic E-state index is 11.8. The molecule has 1 amide bonds. The van der Waals surface area contributed by atoms with Gasteiger partial charge in [-0.25, -0.2) is 0 Å². The second-order valence-electron chi connectivity index (χ2n) is 4.28. The number of carbonyl (C=O) groups is 1.